The highest BCUT2D eigenvalue weighted by atomic mass is 16.5. The van der Waals surface area contributed by atoms with Crippen LogP contribution in [0.25, 0.3) is 21.8 Å². The molecule has 30 heavy (non-hydrogen) atoms. The van der Waals surface area contributed by atoms with E-state index >= 15 is 0 Å². The lowest BCUT2D eigenvalue weighted by atomic mass is 10.1. The molecular formula is C24H18N4O2. The molecule has 146 valence electrons. The maximum absolute atomic E-state index is 5.92. The van der Waals surface area contributed by atoms with Gasteiger partial charge in [-0.05, 0) is 35.4 Å². The molecule has 0 N–H and O–H groups in total. The summed E-state index contributed by atoms with van der Waals surface area (Å²) in [7, 11) is 0. The summed E-state index contributed by atoms with van der Waals surface area (Å²) in [6.45, 7) is 0.859. The van der Waals surface area contributed by atoms with Crippen molar-refractivity contribution in [3.63, 3.8) is 0 Å². The molecule has 6 nitrogen and oxygen atoms in total. The summed E-state index contributed by atoms with van der Waals surface area (Å²) in [6.07, 6.45) is 3.05. The van der Waals surface area contributed by atoms with Gasteiger partial charge in [-0.25, -0.2) is 19.9 Å². The first-order chi connectivity index (χ1) is 14.9. The van der Waals surface area contributed by atoms with E-state index in [1.807, 2.05) is 72.8 Å². The second-order valence-electron chi connectivity index (χ2n) is 6.79. The van der Waals surface area contributed by atoms with E-state index in [4.69, 9.17) is 9.47 Å². The molecule has 0 aliphatic carbocycles. The van der Waals surface area contributed by atoms with E-state index in [2.05, 4.69) is 19.9 Å². The lowest BCUT2D eigenvalue weighted by Gasteiger charge is -2.10. The highest BCUT2D eigenvalue weighted by Crippen LogP contribution is 2.23. The summed E-state index contributed by atoms with van der Waals surface area (Å²) >= 11 is 0. The van der Waals surface area contributed by atoms with Crippen LogP contribution in [-0.4, -0.2) is 19.9 Å². The predicted molar refractivity (Wildman–Crippen MR) is 114 cm³/mol. The van der Waals surface area contributed by atoms with Crippen molar-refractivity contribution in [1.82, 2.24) is 19.9 Å². The molecule has 2 aromatic heterocycles. The van der Waals surface area contributed by atoms with Crippen LogP contribution in [0.15, 0.2) is 85.5 Å². The third-order valence-electron chi connectivity index (χ3n) is 4.79. The van der Waals surface area contributed by atoms with Crippen LogP contribution in [0.4, 0.5) is 0 Å². The number of nitrogens with zero attached hydrogens (tertiary/aromatic N) is 4. The topological polar surface area (TPSA) is 70.0 Å². The largest absolute Gasteiger partial charge is 0.472 e. The molecule has 0 atom stereocenters. The van der Waals surface area contributed by atoms with Gasteiger partial charge in [0, 0.05) is 0 Å². The van der Waals surface area contributed by atoms with Crippen molar-refractivity contribution >= 4 is 21.8 Å². The fourth-order valence-electron chi connectivity index (χ4n) is 3.23. The first-order valence-corrected chi connectivity index (χ1v) is 9.60. The molecule has 0 fully saturated rings. The van der Waals surface area contributed by atoms with E-state index in [0.29, 0.717) is 25.0 Å². The molecule has 0 saturated heterocycles. The Morgan fingerprint density at radius 1 is 0.500 bits per heavy atom. The molecule has 0 aliphatic heterocycles. The van der Waals surface area contributed by atoms with Crippen LogP contribution in [0.2, 0.25) is 0 Å². The zero-order chi connectivity index (χ0) is 20.2. The van der Waals surface area contributed by atoms with Gasteiger partial charge in [0.1, 0.15) is 25.9 Å². The first kappa shape index (κ1) is 18.0. The van der Waals surface area contributed by atoms with Crippen molar-refractivity contribution < 1.29 is 9.47 Å². The Morgan fingerprint density at radius 3 is 1.40 bits per heavy atom. The molecule has 0 radical (unpaired) electrons. The molecule has 0 aliphatic rings. The molecule has 5 aromatic rings. The van der Waals surface area contributed by atoms with Gasteiger partial charge < -0.3 is 9.47 Å². The Kier molecular flexibility index (Phi) is 4.88. The zero-order valence-corrected chi connectivity index (χ0v) is 16.1. The molecule has 3 aromatic carbocycles. The number of aromatic nitrogens is 4. The standard InChI is InChI=1S/C24H18N4O2/c1-3-7-21-19(5-1)23(27-15-25-21)29-13-17-9-11-18(12-10-17)14-30-24-20-6-2-4-8-22(20)26-16-28-24/h1-12,15-16H,13-14H2. The van der Waals surface area contributed by atoms with Crippen LogP contribution in [0, 0.1) is 0 Å². The fourth-order valence-corrected chi connectivity index (χ4v) is 3.23. The normalized spacial score (nSPS) is 10.9. The Bertz CT molecular complexity index is 1190. The van der Waals surface area contributed by atoms with Crippen molar-refractivity contribution in [2.45, 2.75) is 13.2 Å². The van der Waals surface area contributed by atoms with Crippen molar-refractivity contribution in [3.8, 4) is 11.8 Å². The number of hydrogen-bond donors (Lipinski definition) is 0. The quantitative estimate of drug-likeness (QED) is 0.415. The molecule has 0 saturated carbocycles. The van der Waals surface area contributed by atoms with Crippen LogP contribution in [0.3, 0.4) is 0 Å². The lowest BCUT2D eigenvalue weighted by Crippen LogP contribution is -2.01. The van der Waals surface area contributed by atoms with Crippen LogP contribution < -0.4 is 9.47 Å². The molecule has 0 amide bonds. The number of hydrogen-bond acceptors (Lipinski definition) is 6. The molecule has 2 heterocycles. The fraction of sp³-hybridized carbons (Fsp3) is 0.0833. The van der Waals surface area contributed by atoms with E-state index in [1.54, 1.807) is 0 Å². The molecule has 0 bridgehead atoms. The number of para-hydroxylation sites is 2. The summed E-state index contributed by atoms with van der Waals surface area (Å²) in [5.74, 6) is 1.17. The van der Waals surface area contributed by atoms with Gasteiger partial charge in [0.2, 0.25) is 11.8 Å². The molecule has 5 rings (SSSR count). The minimum atomic E-state index is 0.429. The van der Waals surface area contributed by atoms with Gasteiger partial charge in [-0.2, -0.15) is 0 Å². The van der Waals surface area contributed by atoms with Gasteiger partial charge >= 0.3 is 0 Å². The molecule has 0 unspecified atom stereocenters. The summed E-state index contributed by atoms with van der Waals surface area (Å²) in [5.41, 5.74) is 3.84. The minimum absolute atomic E-state index is 0.429. The van der Waals surface area contributed by atoms with E-state index in [9.17, 15) is 0 Å². The highest BCUT2D eigenvalue weighted by molar-refractivity contribution is 5.83. The summed E-state index contributed by atoms with van der Waals surface area (Å²) in [4.78, 5) is 17.0. The van der Waals surface area contributed by atoms with E-state index < -0.39 is 0 Å². The van der Waals surface area contributed by atoms with Crippen molar-refractivity contribution in [1.29, 1.82) is 0 Å². The maximum Gasteiger partial charge on any atom is 0.224 e. The van der Waals surface area contributed by atoms with E-state index in [-0.39, 0.29) is 0 Å². The average Bonchev–Trinajstić information content (AvgIpc) is 2.82. The highest BCUT2D eigenvalue weighted by Gasteiger charge is 2.06. The number of benzene rings is 3. The van der Waals surface area contributed by atoms with Gasteiger partial charge in [-0.15, -0.1) is 0 Å². The summed E-state index contributed by atoms with van der Waals surface area (Å²) in [6, 6.07) is 23.7. The number of rotatable bonds is 6. The zero-order valence-electron chi connectivity index (χ0n) is 16.1. The van der Waals surface area contributed by atoms with Crippen molar-refractivity contribution in [2.75, 3.05) is 0 Å². The predicted octanol–water partition coefficient (Wildman–Crippen LogP) is 4.73. The summed E-state index contributed by atoms with van der Waals surface area (Å²) in [5, 5.41) is 1.81. The monoisotopic (exact) mass is 394 g/mol. The second-order valence-corrected chi connectivity index (χ2v) is 6.79. The van der Waals surface area contributed by atoms with E-state index in [0.717, 1.165) is 32.9 Å². The van der Waals surface area contributed by atoms with Crippen LogP contribution in [0.5, 0.6) is 11.8 Å². The van der Waals surface area contributed by atoms with Crippen molar-refractivity contribution in [2.24, 2.45) is 0 Å². The summed E-state index contributed by atoms with van der Waals surface area (Å²) < 4.78 is 11.8. The Hall–Kier alpha value is -4.06. The second kappa shape index (κ2) is 8.13. The minimum Gasteiger partial charge on any atom is -0.472 e. The Morgan fingerprint density at radius 2 is 0.933 bits per heavy atom. The smallest absolute Gasteiger partial charge is 0.224 e. The molecule has 6 heteroatoms. The van der Waals surface area contributed by atoms with Gasteiger partial charge in [-0.3, -0.25) is 0 Å². The van der Waals surface area contributed by atoms with Crippen LogP contribution >= 0.6 is 0 Å². The average molecular weight is 394 g/mol. The van der Waals surface area contributed by atoms with Gasteiger partial charge in [0.15, 0.2) is 0 Å². The van der Waals surface area contributed by atoms with Gasteiger partial charge in [0.05, 0.1) is 21.8 Å². The first-order valence-electron chi connectivity index (χ1n) is 9.60. The maximum atomic E-state index is 5.92. The van der Waals surface area contributed by atoms with Gasteiger partial charge in [0.25, 0.3) is 0 Å². The van der Waals surface area contributed by atoms with Gasteiger partial charge in [-0.1, -0.05) is 48.5 Å². The Labute approximate surface area is 173 Å². The van der Waals surface area contributed by atoms with Crippen LogP contribution in [-0.2, 0) is 13.2 Å². The number of ether oxygens (including phenoxy) is 2. The SMILES string of the molecule is c1ccc2c(OCc3ccc(COc4ncnc5ccccc45)cc3)ncnc2c1. The number of fused-ring (bicyclic) bond motifs is 2. The van der Waals surface area contributed by atoms with E-state index in [1.165, 1.54) is 12.7 Å². The molecular weight excluding hydrogens is 376 g/mol. The third kappa shape index (κ3) is 3.75. The van der Waals surface area contributed by atoms with Crippen molar-refractivity contribution in [3.05, 3.63) is 96.6 Å². The van der Waals surface area contributed by atoms with Crippen LogP contribution in [0.1, 0.15) is 11.1 Å². The Balaban J connectivity index is 1.24. The lowest BCUT2D eigenvalue weighted by molar-refractivity contribution is 0.294. The third-order valence-corrected chi connectivity index (χ3v) is 4.79. The molecule has 0 spiro atoms.